The van der Waals surface area contributed by atoms with E-state index in [9.17, 15) is 0 Å². The van der Waals surface area contributed by atoms with Crippen LogP contribution >= 0.6 is 15.9 Å². The largest absolute Gasteiger partial charge is 0.414 e. The summed E-state index contributed by atoms with van der Waals surface area (Å²) < 4.78 is 7.52. The molecular formula is C16H21BrOSi. The quantitative estimate of drug-likeness (QED) is 0.584. The van der Waals surface area contributed by atoms with Crippen LogP contribution in [0.15, 0.2) is 52.5 Å². The molecule has 0 N–H and O–H groups in total. The van der Waals surface area contributed by atoms with Gasteiger partial charge in [-0.2, -0.15) is 0 Å². The predicted octanol–water partition coefficient (Wildman–Crippen LogP) is 4.48. The van der Waals surface area contributed by atoms with Crippen molar-refractivity contribution in [2.45, 2.75) is 38.3 Å². The van der Waals surface area contributed by atoms with Gasteiger partial charge in [0.25, 0.3) is 0 Å². The van der Waals surface area contributed by atoms with Gasteiger partial charge in [-0.25, -0.2) is 0 Å². The van der Waals surface area contributed by atoms with Gasteiger partial charge in [0.05, 0.1) is 5.60 Å². The van der Waals surface area contributed by atoms with Gasteiger partial charge >= 0.3 is 0 Å². The molecule has 1 heterocycles. The van der Waals surface area contributed by atoms with Gasteiger partial charge in [-0.1, -0.05) is 45.3 Å². The number of benzene rings is 1. The van der Waals surface area contributed by atoms with Gasteiger partial charge < -0.3 is 4.43 Å². The normalized spacial score (nSPS) is 24.9. The van der Waals surface area contributed by atoms with E-state index in [-0.39, 0.29) is 5.60 Å². The molecule has 0 radical (unpaired) electrons. The number of hydrogen-bond donors (Lipinski definition) is 0. The van der Waals surface area contributed by atoms with Crippen LogP contribution in [0.3, 0.4) is 0 Å². The molecule has 1 aliphatic heterocycles. The van der Waals surface area contributed by atoms with E-state index in [1.165, 1.54) is 16.7 Å². The maximum Gasteiger partial charge on any atom is 0.166 e. The third-order valence-corrected chi connectivity index (χ3v) is 5.32. The Labute approximate surface area is 126 Å². The maximum absolute atomic E-state index is 6.41. The van der Waals surface area contributed by atoms with Gasteiger partial charge in [0.1, 0.15) is 0 Å². The molecule has 2 rings (SSSR count). The van der Waals surface area contributed by atoms with Crippen molar-refractivity contribution in [1.82, 2.24) is 0 Å². The monoisotopic (exact) mass is 336 g/mol. The van der Waals surface area contributed by atoms with E-state index < -0.39 is 9.76 Å². The van der Waals surface area contributed by atoms with Crippen molar-refractivity contribution in [3.05, 3.63) is 58.1 Å². The highest BCUT2D eigenvalue weighted by molar-refractivity contribution is 9.10. The molecule has 0 unspecified atom stereocenters. The van der Waals surface area contributed by atoms with E-state index in [1.54, 1.807) is 0 Å². The van der Waals surface area contributed by atoms with Crippen LogP contribution < -0.4 is 0 Å². The SMILES string of the molecule is C=C(C)C[C@@]1(c2ccc(Br)cc2)CC(C)=CC[SiH2]O1. The summed E-state index contributed by atoms with van der Waals surface area (Å²) in [6, 6.07) is 9.70. The molecule has 0 aliphatic carbocycles. The molecule has 0 saturated heterocycles. The van der Waals surface area contributed by atoms with Gasteiger partial charge in [0.2, 0.25) is 0 Å². The molecule has 0 fully saturated rings. The van der Waals surface area contributed by atoms with E-state index in [0.717, 1.165) is 23.4 Å². The molecule has 0 amide bonds. The van der Waals surface area contributed by atoms with E-state index in [1.807, 2.05) is 0 Å². The highest BCUT2D eigenvalue weighted by Gasteiger charge is 2.34. The fourth-order valence-electron chi connectivity index (χ4n) is 2.78. The zero-order valence-electron chi connectivity index (χ0n) is 11.7. The van der Waals surface area contributed by atoms with Gasteiger partial charge in [-0.15, -0.1) is 6.58 Å². The third-order valence-electron chi connectivity index (χ3n) is 3.51. The first kappa shape index (κ1) is 14.8. The Hall–Kier alpha value is -0.643. The molecule has 0 spiro atoms. The zero-order chi connectivity index (χ0) is 13.9. The summed E-state index contributed by atoms with van der Waals surface area (Å²) in [5.41, 5.74) is 3.72. The molecular weight excluding hydrogens is 316 g/mol. The summed E-state index contributed by atoms with van der Waals surface area (Å²) in [5.74, 6) is 0. The van der Waals surface area contributed by atoms with Crippen LogP contribution in [0.25, 0.3) is 0 Å². The number of halogens is 1. The van der Waals surface area contributed by atoms with Crippen LogP contribution in [0.2, 0.25) is 6.04 Å². The first-order chi connectivity index (χ1) is 9.02. The highest BCUT2D eigenvalue weighted by atomic mass is 79.9. The molecule has 0 aromatic heterocycles. The van der Waals surface area contributed by atoms with Crippen molar-refractivity contribution in [2.75, 3.05) is 0 Å². The Morgan fingerprint density at radius 1 is 1.42 bits per heavy atom. The third kappa shape index (κ3) is 3.68. The lowest BCUT2D eigenvalue weighted by molar-refractivity contribution is 0.0737. The molecule has 102 valence electrons. The summed E-state index contributed by atoms with van der Waals surface area (Å²) in [4.78, 5) is 0. The average Bonchev–Trinajstić information content (AvgIpc) is 2.52. The average molecular weight is 337 g/mol. The fraction of sp³-hybridized carbons (Fsp3) is 0.375. The van der Waals surface area contributed by atoms with Crippen molar-refractivity contribution in [2.24, 2.45) is 0 Å². The van der Waals surface area contributed by atoms with Crippen molar-refractivity contribution < 1.29 is 4.43 Å². The maximum atomic E-state index is 6.41. The lowest BCUT2D eigenvalue weighted by Crippen LogP contribution is -2.31. The second kappa shape index (κ2) is 6.20. The van der Waals surface area contributed by atoms with E-state index in [2.05, 4.69) is 66.7 Å². The summed E-state index contributed by atoms with van der Waals surface area (Å²) >= 11 is 3.50. The molecule has 3 heteroatoms. The van der Waals surface area contributed by atoms with Crippen molar-refractivity contribution in [3.63, 3.8) is 0 Å². The molecule has 0 saturated carbocycles. The lowest BCUT2D eigenvalue weighted by atomic mass is 9.82. The fourth-order valence-corrected chi connectivity index (χ4v) is 4.53. The Morgan fingerprint density at radius 3 is 2.74 bits per heavy atom. The molecule has 0 bridgehead atoms. The van der Waals surface area contributed by atoms with Gasteiger partial charge in [-0.3, -0.25) is 0 Å². The summed E-state index contributed by atoms with van der Waals surface area (Å²) in [6.45, 7) is 8.41. The topological polar surface area (TPSA) is 9.23 Å². The molecule has 1 aliphatic rings. The Balaban J connectivity index is 2.41. The smallest absolute Gasteiger partial charge is 0.166 e. The van der Waals surface area contributed by atoms with Crippen LogP contribution in [-0.4, -0.2) is 9.76 Å². The minimum Gasteiger partial charge on any atom is -0.414 e. The second-order valence-corrected chi connectivity index (χ2v) is 7.69. The van der Waals surface area contributed by atoms with E-state index >= 15 is 0 Å². The highest BCUT2D eigenvalue weighted by Crippen LogP contribution is 2.39. The molecule has 19 heavy (non-hydrogen) atoms. The van der Waals surface area contributed by atoms with Crippen molar-refractivity contribution >= 4 is 25.7 Å². The lowest BCUT2D eigenvalue weighted by Gasteiger charge is -2.35. The van der Waals surface area contributed by atoms with Gasteiger partial charge in [0, 0.05) is 17.3 Å². The molecule has 1 atom stereocenters. The van der Waals surface area contributed by atoms with Crippen LogP contribution in [0.1, 0.15) is 32.3 Å². The number of rotatable bonds is 3. The van der Waals surface area contributed by atoms with Crippen LogP contribution in [0.4, 0.5) is 0 Å². The van der Waals surface area contributed by atoms with Crippen LogP contribution in [0.5, 0.6) is 0 Å². The van der Waals surface area contributed by atoms with Crippen LogP contribution in [0, 0.1) is 0 Å². The number of hydrogen-bond acceptors (Lipinski definition) is 1. The molecule has 1 aromatic rings. The minimum atomic E-state index is -0.488. The van der Waals surface area contributed by atoms with Crippen molar-refractivity contribution in [3.8, 4) is 0 Å². The van der Waals surface area contributed by atoms with E-state index in [0.29, 0.717) is 0 Å². The van der Waals surface area contributed by atoms with Crippen molar-refractivity contribution in [1.29, 1.82) is 0 Å². The zero-order valence-corrected chi connectivity index (χ0v) is 14.7. The van der Waals surface area contributed by atoms with E-state index in [4.69, 9.17) is 4.43 Å². The summed E-state index contributed by atoms with van der Waals surface area (Å²) in [6.07, 6.45) is 4.24. The first-order valence-electron chi connectivity index (χ1n) is 6.72. The second-order valence-electron chi connectivity index (χ2n) is 5.50. The summed E-state index contributed by atoms with van der Waals surface area (Å²) in [5, 5.41) is 0. The Kier molecular flexibility index (Phi) is 4.82. The standard InChI is InChI=1S/C16H21BrOSi/c1-12(2)10-16(11-13(3)8-9-19-18-16)14-4-6-15(17)7-5-14/h4-8H,1,9-11,19H2,2-3H3/t16-/m0/s1. The van der Waals surface area contributed by atoms with Gasteiger partial charge in [-0.05, 0) is 37.6 Å². The van der Waals surface area contributed by atoms with Gasteiger partial charge in [0.15, 0.2) is 9.76 Å². The van der Waals surface area contributed by atoms with Crippen LogP contribution in [-0.2, 0) is 10.0 Å². The first-order valence-corrected chi connectivity index (χ1v) is 9.09. The molecule has 1 aromatic carbocycles. The molecule has 1 nitrogen and oxygen atoms in total. The Bertz CT molecular complexity index is 492. The Morgan fingerprint density at radius 2 is 2.11 bits per heavy atom. The number of allylic oxidation sites excluding steroid dienone is 1. The predicted molar refractivity (Wildman–Crippen MR) is 88.1 cm³/mol. The summed E-state index contributed by atoms with van der Waals surface area (Å²) in [7, 11) is -0.488. The minimum absolute atomic E-state index is 0.185.